The summed E-state index contributed by atoms with van der Waals surface area (Å²) in [5.74, 6) is 0. The molecule has 0 amide bonds. The van der Waals surface area contributed by atoms with Crippen molar-refractivity contribution in [1.29, 1.82) is 0 Å². The largest absolute Gasteiger partial charge is 0.325 e. The van der Waals surface area contributed by atoms with Gasteiger partial charge >= 0.3 is 6.01 Å². The van der Waals surface area contributed by atoms with E-state index in [1.165, 1.54) is 6.33 Å². The molecule has 0 radical (unpaired) electrons. The molecule has 0 fully saturated rings. The summed E-state index contributed by atoms with van der Waals surface area (Å²) in [5.41, 5.74) is 0.870. The molecule has 5 nitrogen and oxygen atoms in total. The molecule has 0 spiro atoms. The molecule has 60 valence electrons. The normalized spacial score (nSPS) is 9.67. The molecule has 1 N–H and O–H groups in total. The van der Waals surface area contributed by atoms with Gasteiger partial charge in [0.2, 0.25) is 0 Å². The highest BCUT2D eigenvalue weighted by molar-refractivity contribution is 5.49. The van der Waals surface area contributed by atoms with Crippen molar-refractivity contribution in [2.75, 3.05) is 5.32 Å². The molecule has 0 bridgehead atoms. The molecule has 0 unspecified atom stereocenters. The smallest absolute Gasteiger partial charge is 0.315 e. The molecule has 2 aromatic heterocycles. The summed E-state index contributed by atoms with van der Waals surface area (Å²) in [6, 6.07) is 4.00. The van der Waals surface area contributed by atoms with Crippen LogP contribution < -0.4 is 5.32 Å². The fourth-order valence-electron chi connectivity index (χ4n) is 0.787. The third-order valence-corrected chi connectivity index (χ3v) is 1.29. The predicted octanol–water partition coefficient (Wildman–Crippen LogP) is 1.21. The number of nitrogens with zero attached hydrogens (tertiary/aromatic N) is 3. The molecule has 0 saturated carbocycles. The van der Waals surface area contributed by atoms with E-state index in [4.69, 9.17) is 4.52 Å². The van der Waals surface area contributed by atoms with Crippen LogP contribution in [-0.2, 0) is 0 Å². The maximum absolute atomic E-state index is 4.74. The van der Waals surface area contributed by atoms with Crippen LogP contribution in [0.1, 0.15) is 0 Å². The van der Waals surface area contributed by atoms with Crippen LogP contribution in [0.2, 0.25) is 0 Å². The van der Waals surface area contributed by atoms with Gasteiger partial charge < -0.3 is 9.84 Å². The molecular formula is C7H6N4O. The first-order valence-corrected chi connectivity index (χ1v) is 3.39. The van der Waals surface area contributed by atoms with Gasteiger partial charge in [-0.1, -0.05) is 5.16 Å². The van der Waals surface area contributed by atoms with E-state index in [0.29, 0.717) is 6.01 Å². The second-order valence-electron chi connectivity index (χ2n) is 2.11. The summed E-state index contributed by atoms with van der Waals surface area (Å²) in [6.45, 7) is 0. The van der Waals surface area contributed by atoms with Crippen molar-refractivity contribution in [3.05, 3.63) is 30.9 Å². The standard InChI is InChI=1S/C7H6N4O/c1-3-8-4-2-6(1)11-7-9-5-10-12-7/h1-5H,(H,8,9,10,11). The lowest BCUT2D eigenvalue weighted by atomic mass is 10.4. The minimum absolute atomic E-state index is 0.376. The van der Waals surface area contributed by atoms with Crippen LogP contribution >= 0.6 is 0 Å². The van der Waals surface area contributed by atoms with Crippen molar-refractivity contribution in [2.45, 2.75) is 0 Å². The molecule has 0 aliphatic rings. The van der Waals surface area contributed by atoms with E-state index in [1.54, 1.807) is 12.4 Å². The van der Waals surface area contributed by atoms with Crippen LogP contribution in [0, 0.1) is 0 Å². The fourth-order valence-corrected chi connectivity index (χ4v) is 0.787. The zero-order valence-electron chi connectivity index (χ0n) is 6.14. The van der Waals surface area contributed by atoms with E-state index < -0.39 is 0 Å². The van der Waals surface area contributed by atoms with Gasteiger partial charge in [0.25, 0.3) is 0 Å². The summed E-state index contributed by atoms with van der Waals surface area (Å²) in [5, 5.41) is 6.36. The highest BCUT2D eigenvalue weighted by Crippen LogP contribution is 2.10. The maximum Gasteiger partial charge on any atom is 0.325 e. The van der Waals surface area contributed by atoms with E-state index in [0.717, 1.165) is 5.69 Å². The first-order chi connectivity index (χ1) is 5.95. The summed E-state index contributed by atoms with van der Waals surface area (Å²) in [6.07, 6.45) is 4.70. The highest BCUT2D eigenvalue weighted by atomic mass is 16.5. The third-order valence-electron chi connectivity index (χ3n) is 1.29. The van der Waals surface area contributed by atoms with Gasteiger partial charge in [0.15, 0.2) is 6.33 Å². The zero-order valence-corrected chi connectivity index (χ0v) is 6.14. The molecule has 0 atom stereocenters. The first-order valence-electron chi connectivity index (χ1n) is 3.39. The molecule has 0 aliphatic heterocycles. The Balaban J connectivity index is 2.15. The van der Waals surface area contributed by atoms with Gasteiger partial charge in [-0.3, -0.25) is 4.98 Å². The highest BCUT2D eigenvalue weighted by Gasteiger charge is 1.96. The maximum atomic E-state index is 4.74. The van der Waals surface area contributed by atoms with Crippen molar-refractivity contribution >= 4 is 11.7 Å². The van der Waals surface area contributed by atoms with Gasteiger partial charge in [0.05, 0.1) is 0 Å². The number of anilines is 2. The number of rotatable bonds is 2. The molecule has 0 saturated heterocycles. The van der Waals surface area contributed by atoms with Gasteiger partial charge in [0.1, 0.15) is 0 Å². The topological polar surface area (TPSA) is 63.8 Å². The predicted molar refractivity (Wildman–Crippen MR) is 41.8 cm³/mol. The van der Waals surface area contributed by atoms with Crippen LogP contribution in [0.3, 0.4) is 0 Å². The molecular weight excluding hydrogens is 156 g/mol. The lowest BCUT2D eigenvalue weighted by Crippen LogP contribution is -1.89. The van der Waals surface area contributed by atoms with Gasteiger partial charge in [-0.2, -0.15) is 4.98 Å². The number of pyridine rings is 1. The second kappa shape index (κ2) is 3.00. The van der Waals surface area contributed by atoms with Gasteiger partial charge in [0, 0.05) is 18.1 Å². The SMILES string of the molecule is c1cc(Nc2ncno2)ccn1. The number of hydrogen-bond donors (Lipinski definition) is 1. The first kappa shape index (κ1) is 6.78. The van der Waals surface area contributed by atoms with Crippen molar-refractivity contribution in [3.63, 3.8) is 0 Å². The Bertz CT molecular complexity index is 332. The number of aromatic nitrogens is 3. The summed E-state index contributed by atoms with van der Waals surface area (Å²) in [7, 11) is 0. The van der Waals surface area contributed by atoms with Crippen molar-refractivity contribution in [1.82, 2.24) is 15.1 Å². The summed E-state index contributed by atoms with van der Waals surface area (Å²) >= 11 is 0. The van der Waals surface area contributed by atoms with E-state index in [2.05, 4.69) is 20.4 Å². The average Bonchev–Trinajstić information content (AvgIpc) is 2.59. The van der Waals surface area contributed by atoms with Crippen LogP contribution in [-0.4, -0.2) is 15.1 Å². The Morgan fingerprint density at radius 2 is 2.08 bits per heavy atom. The third kappa shape index (κ3) is 1.39. The number of hydrogen-bond acceptors (Lipinski definition) is 5. The van der Waals surface area contributed by atoms with E-state index in [9.17, 15) is 0 Å². The van der Waals surface area contributed by atoms with Gasteiger partial charge in [-0.15, -0.1) is 0 Å². The number of nitrogens with one attached hydrogen (secondary N) is 1. The molecule has 0 aromatic carbocycles. The summed E-state index contributed by atoms with van der Waals surface area (Å²) in [4.78, 5) is 7.67. The average molecular weight is 162 g/mol. The summed E-state index contributed by atoms with van der Waals surface area (Å²) < 4.78 is 4.74. The Morgan fingerprint density at radius 1 is 1.25 bits per heavy atom. The molecule has 2 heterocycles. The van der Waals surface area contributed by atoms with Crippen molar-refractivity contribution in [3.8, 4) is 0 Å². The fraction of sp³-hybridized carbons (Fsp3) is 0. The minimum atomic E-state index is 0.376. The van der Waals surface area contributed by atoms with E-state index in [1.807, 2.05) is 12.1 Å². The molecule has 0 aliphatic carbocycles. The molecule has 2 aromatic rings. The Morgan fingerprint density at radius 3 is 2.75 bits per heavy atom. The minimum Gasteiger partial charge on any atom is -0.315 e. The molecule has 2 rings (SSSR count). The van der Waals surface area contributed by atoms with Crippen LogP contribution in [0.15, 0.2) is 35.4 Å². The lowest BCUT2D eigenvalue weighted by Gasteiger charge is -1.97. The lowest BCUT2D eigenvalue weighted by molar-refractivity contribution is 0.433. The van der Waals surface area contributed by atoms with Crippen LogP contribution in [0.25, 0.3) is 0 Å². The monoisotopic (exact) mass is 162 g/mol. The quantitative estimate of drug-likeness (QED) is 0.718. The van der Waals surface area contributed by atoms with E-state index >= 15 is 0 Å². The van der Waals surface area contributed by atoms with Gasteiger partial charge in [-0.25, -0.2) is 0 Å². The zero-order chi connectivity index (χ0) is 8.23. The molecule has 12 heavy (non-hydrogen) atoms. The second-order valence-corrected chi connectivity index (χ2v) is 2.11. The van der Waals surface area contributed by atoms with Gasteiger partial charge in [-0.05, 0) is 12.1 Å². The van der Waals surface area contributed by atoms with Crippen LogP contribution in [0.4, 0.5) is 11.7 Å². The Hall–Kier alpha value is -1.91. The Kier molecular flexibility index (Phi) is 1.69. The van der Waals surface area contributed by atoms with Crippen LogP contribution in [0.5, 0.6) is 0 Å². The van der Waals surface area contributed by atoms with E-state index in [-0.39, 0.29) is 0 Å². The van der Waals surface area contributed by atoms with Crippen molar-refractivity contribution in [2.24, 2.45) is 0 Å². The molecule has 5 heteroatoms. The van der Waals surface area contributed by atoms with Crippen molar-refractivity contribution < 1.29 is 4.52 Å². The Labute approximate surface area is 68.4 Å².